The lowest BCUT2D eigenvalue weighted by Crippen LogP contribution is -2.26. The number of hydrogen-bond acceptors (Lipinski definition) is 4. The highest BCUT2D eigenvalue weighted by atomic mass is 79.9. The number of aryl methyl sites for hydroxylation is 1. The number of para-hydroxylation sites is 1. The predicted molar refractivity (Wildman–Crippen MR) is 113 cm³/mol. The second-order valence-electron chi connectivity index (χ2n) is 5.79. The van der Waals surface area contributed by atoms with E-state index < -0.39 is 5.91 Å². The molecule has 0 heterocycles. The number of hydrogen-bond donors (Lipinski definition) is 2. The van der Waals surface area contributed by atoms with Gasteiger partial charge in [0.15, 0.2) is 6.61 Å². The first kappa shape index (κ1) is 21.1. The minimum absolute atomic E-state index is 0.0769. The average molecular weight is 497 g/mol. The number of rotatable bonds is 7. The Labute approximate surface area is 174 Å². The molecule has 0 saturated carbocycles. The van der Waals surface area contributed by atoms with Crippen LogP contribution in [-0.2, 0) is 9.59 Å². The van der Waals surface area contributed by atoms with Crippen molar-refractivity contribution in [1.29, 1.82) is 0 Å². The molecular weight excluding hydrogens is 478 g/mol. The maximum absolute atomic E-state index is 11.9. The zero-order valence-electron chi connectivity index (χ0n) is 14.9. The summed E-state index contributed by atoms with van der Waals surface area (Å²) in [5, 5.41) is 6.69. The fourth-order valence-corrected chi connectivity index (χ4v) is 3.18. The Morgan fingerprint density at radius 1 is 1.07 bits per heavy atom. The molecule has 2 N–H and O–H groups in total. The second-order valence-corrected chi connectivity index (χ2v) is 7.50. The van der Waals surface area contributed by atoms with Crippen molar-refractivity contribution in [1.82, 2.24) is 5.43 Å². The van der Waals surface area contributed by atoms with Gasteiger partial charge in [0.25, 0.3) is 5.91 Å². The standard InChI is InChI=1S/C19H19Br2N3O3/c1-12-8-17(16(21)10-15(12)20)27-11-19(26)24-23-13(2)9-18(25)22-14-6-4-3-5-7-14/h3-8,10H,9,11H2,1-2H3,(H,22,25)(H,24,26)/b23-13-. The Hall–Kier alpha value is -2.19. The largest absolute Gasteiger partial charge is 0.483 e. The molecule has 0 aromatic heterocycles. The SMILES string of the molecule is C/C(CC(=O)Nc1ccccc1)=N/NC(=O)COc1cc(C)c(Br)cc1Br. The van der Waals surface area contributed by atoms with Crippen LogP contribution in [0.5, 0.6) is 5.75 Å². The number of ether oxygens (including phenoxy) is 1. The fourth-order valence-electron chi connectivity index (χ4n) is 2.07. The molecule has 0 bridgehead atoms. The van der Waals surface area contributed by atoms with Gasteiger partial charge in [-0.15, -0.1) is 0 Å². The third-order valence-electron chi connectivity index (χ3n) is 3.42. The van der Waals surface area contributed by atoms with Crippen LogP contribution < -0.4 is 15.5 Å². The van der Waals surface area contributed by atoms with Crippen LogP contribution in [0.4, 0.5) is 5.69 Å². The summed E-state index contributed by atoms with van der Waals surface area (Å²) in [7, 11) is 0. The number of halogens is 2. The van der Waals surface area contributed by atoms with Gasteiger partial charge in [0.2, 0.25) is 5.91 Å². The molecule has 0 aliphatic heterocycles. The Bertz CT molecular complexity index is 855. The molecule has 2 amide bonds. The minimum Gasteiger partial charge on any atom is -0.483 e. The van der Waals surface area contributed by atoms with E-state index in [9.17, 15) is 9.59 Å². The number of anilines is 1. The van der Waals surface area contributed by atoms with E-state index in [1.807, 2.05) is 37.3 Å². The molecule has 0 aliphatic rings. The lowest BCUT2D eigenvalue weighted by Gasteiger charge is -2.09. The summed E-state index contributed by atoms with van der Waals surface area (Å²) < 4.78 is 7.18. The van der Waals surface area contributed by atoms with Crippen molar-refractivity contribution >= 4 is 55.1 Å². The summed E-state index contributed by atoms with van der Waals surface area (Å²) in [5.74, 6) is -0.0544. The second kappa shape index (κ2) is 10.2. The molecular formula is C19H19Br2N3O3. The molecule has 0 unspecified atom stereocenters. The van der Waals surface area contributed by atoms with Crippen LogP contribution in [-0.4, -0.2) is 24.1 Å². The van der Waals surface area contributed by atoms with E-state index in [1.165, 1.54) is 0 Å². The molecule has 2 aromatic carbocycles. The van der Waals surface area contributed by atoms with Crippen LogP contribution in [0.1, 0.15) is 18.9 Å². The molecule has 2 rings (SSSR count). The van der Waals surface area contributed by atoms with E-state index in [-0.39, 0.29) is 18.9 Å². The first-order valence-electron chi connectivity index (χ1n) is 8.10. The normalized spacial score (nSPS) is 11.0. The molecule has 0 spiro atoms. The highest BCUT2D eigenvalue weighted by molar-refractivity contribution is 9.11. The van der Waals surface area contributed by atoms with Crippen LogP contribution in [0.2, 0.25) is 0 Å². The fraction of sp³-hybridized carbons (Fsp3) is 0.211. The minimum atomic E-state index is -0.412. The third kappa shape index (κ3) is 7.15. The van der Waals surface area contributed by atoms with E-state index in [0.29, 0.717) is 17.1 Å². The predicted octanol–water partition coefficient (Wildman–Crippen LogP) is 4.42. The van der Waals surface area contributed by atoms with Gasteiger partial charge in [0, 0.05) is 15.9 Å². The zero-order valence-corrected chi connectivity index (χ0v) is 18.1. The van der Waals surface area contributed by atoms with Crippen LogP contribution in [0.15, 0.2) is 56.5 Å². The Balaban J connectivity index is 1.80. The zero-order chi connectivity index (χ0) is 19.8. The molecule has 0 atom stereocenters. The lowest BCUT2D eigenvalue weighted by molar-refractivity contribution is -0.123. The monoisotopic (exact) mass is 495 g/mol. The highest BCUT2D eigenvalue weighted by Crippen LogP contribution is 2.31. The van der Waals surface area contributed by atoms with Gasteiger partial charge in [0.1, 0.15) is 5.75 Å². The average Bonchev–Trinajstić information content (AvgIpc) is 2.62. The number of benzene rings is 2. The van der Waals surface area contributed by atoms with E-state index in [2.05, 4.69) is 47.7 Å². The molecule has 8 heteroatoms. The van der Waals surface area contributed by atoms with Gasteiger partial charge in [-0.25, -0.2) is 5.43 Å². The molecule has 0 saturated heterocycles. The Kier molecular flexibility index (Phi) is 7.99. The summed E-state index contributed by atoms with van der Waals surface area (Å²) in [4.78, 5) is 23.8. The smallest absolute Gasteiger partial charge is 0.277 e. The van der Waals surface area contributed by atoms with Gasteiger partial charge in [-0.1, -0.05) is 34.1 Å². The summed E-state index contributed by atoms with van der Waals surface area (Å²) in [6.07, 6.45) is 0.0769. The first-order valence-corrected chi connectivity index (χ1v) is 9.69. The van der Waals surface area contributed by atoms with Crippen molar-refractivity contribution < 1.29 is 14.3 Å². The quantitative estimate of drug-likeness (QED) is 0.439. The maximum atomic E-state index is 11.9. The molecule has 142 valence electrons. The molecule has 0 fully saturated rings. The Morgan fingerprint density at radius 2 is 1.78 bits per heavy atom. The number of hydrazone groups is 1. The summed E-state index contributed by atoms with van der Waals surface area (Å²) in [6.45, 7) is 3.41. The van der Waals surface area contributed by atoms with Crippen LogP contribution >= 0.6 is 31.9 Å². The van der Waals surface area contributed by atoms with Crippen LogP contribution in [0.25, 0.3) is 0 Å². The van der Waals surface area contributed by atoms with E-state index in [1.54, 1.807) is 19.1 Å². The van der Waals surface area contributed by atoms with Crippen LogP contribution in [0.3, 0.4) is 0 Å². The summed E-state index contributed by atoms with van der Waals surface area (Å²) >= 11 is 6.82. The van der Waals surface area contributed by atoms with Gasteiger partial charge < -0.3 is 10.1 Å². The van der Waals surface area contributed by atoms with Gasteiger partial charge in [-0.3, -0.25) is 9.59 Å². The summed E-state index contributed by atoms with van der Waals surface area (Å²) in [5.41, 5.74) is 4.57. The lowest BCUT2D eigenvalue weighted by atomic mass is 10.2. The number of nitrogens with zero attached hydrogens (tertiary/aromatic N) is 1. The first-order chi connectivity index (χ1) is 12.8. The van der Waals surface area contributed by atoms with E-state index in [4.69, 9.17) is 4.74 Å². The number of amides is 2. The van der Waals surface area contributed by atoms with Crippen molar-refractivity contribution in [3.63, 3.8) is 0 Å². The highest BCUT2D eigenvalue weighted by Gasteiger charge is 2.09. The number of carbonyl (C=O) groups excluding carboxylic acids is 2. The van der Waals surface area contributed by atoms with Crippen molar-refractivity contribution in [2.45, 2.75) is 20.3 Å². The topological polar surface area (TPSA) is 79.8 Å². The number of nitrogens with one attached hydrogen (secondary N) is 2. The van der Waals surface area contributed by atoms with Crippen molar-refractivity contribution in [2.75, 3.05) is 11.9 Å². The van der Waals surface area contributed by atoms with E-state index in [0.717, 1.165) is 14.5 Å². The molecule has 2 aromatic rings. The molecule has 6 nitrogen and oxygen atoms in total. The Morgan fingerprint density at radius 3 is 2.48 bits per heavy atom. The van der Waals surface area contributed by atoms with Gasteiger partial charge in [-0.2, -0.15) is 5.10 Å². The van der Waals surface area contributed by atoms with Crippen molar-refractivity contribution in [3.8, 4) is 5.75 Å². The van der Waals surface area contributed by atoms with Gasteiger partial charge >= 0.3 is 0 Å². The summed E-state index contributed by atoms with van der Waals surface area (Å²) in [6, 6.07) is 12.8. The molecule has 0 aliphatic carbocycles. The van der Waals surface area contributed by atoms with Gasteiger partial charge in [0.05, 0.1) is 10.9 Å². The third-order valence-corrected chi connectivity index (χ3v) is 4.89. The molecule has 27 heavy (non-hydrogen) atoms. The van der Waals surface area contributed by atoms with E-state index >= 15 is 0 Å². The molecule has 0 radical (unpaired) electrons. The number of carbonyl (C=O) groups is 2. The van der Waals surface area contributed by atoms with Crippen molar-refractivity contribution in [3.05, 3.63) is 57.0 Å². The van der Waals surface area contributed by atoms with Gasteiger partial charge in [-0.05, 0) is 59.6 Å². The van der Waals surface area contributed by atoms with Crippen molar-refractivity contribution in [2.24, 2.45) is 5.10 Å². The van der Waals surface area contributed by atoms with Crippen LogP contribution in [0, 0.1) is 6.92 Å². The maximum Gasteiger partial charge on any atom is 0.277 e.